The van der Waals surface area contributed by atoms with E-state index in [4.69, 9.17) is 10.5 Å². The highest BCUT2D eigenvalue weighted by Gasteiger charge is 2.38. The van der Waals surface area contributed by atoms with Crippen molar-refractivity contribution in [1.82, 2.24) is 19.8 Å². The fourth-order valence-corrected chi connectivity index (χ4v) is 5.50. The summed E-state index contributed by atoms with van der Waals surface area (Å²) in [6, 6.07) is 0. The molecule has 1 aromatic heterocycles. The minimum atomic E-state index is -2.63. The van der Waals surface area contributed by atoms with E-state index in [9.17, 15) is 18.4 Å². The summed E-state index contributed by atoms with van der Waals surface area (Å²) in [5, 5.41) is 17.2. The lowest BCUT2D eigenvalue weighted by molar-refractivity contribution is -0.122. The number of hydrogen-bond donors (Lipinski definition) is 3. The zero-order valence-corrected chi connectivity index (χ0v) is 24.2. The Morgan fingerprint density at radius 2 is 1.82 bits per heavy atom. The smallest absolute Gasteiger partial charge is 0.272 e. The van der Waals surface area contributed by atoms with Gasteiger partial charge in [-0.05, 0) is 56.9 Å². The number of piperazine rings is 1. The summed E-state index contributed by atoms with van der Waals surface area (Å²) in [5.41, 5.74) is 0.532. The SMILES string of the molecule is CC(C)(C)/C(=C/C(=N)C1CCC(F)(F)CC1)c1ncc(C(=O)N2CCN(C=O)CC2(C)C)[nH]1.CC1CC(O)C1. The molecule has 4 rings (SSSR count). The number of nitrogens with one attached hydrogen (secondary N) is 2. The Morgan fingerprint density at radius 1 is 1.21 bits per heavy atom. The van der Waals surface area contributed by atoms with E-state index in [-0.39, 0.29) is 36.2 Å². The van der Waals surface area contributed by atoms with Gasteiger partial charge < -0.3 is 25.3 Å². The van der Waals surface area contributed by atoms with Crippen LogP contribution in [0.25, 0.3) is 5.57 Å². The number of nitrogens with zero attached hydrogens (tertiary/aromatic N) is 3. The number of allylic oxidation sites excluding steroid dienone is 2. The average molecular weight is 550 g/mol. The van der Waals surface area contributed by atoms with Crippen molar-refractivity contribution in [3.05, 3.63) is 23.8 Å². The largest absolute Gasteiger partial charge is 0.393 e. The summed E-state index contributed by atoms with van der Waals surface area (Å²) in [6.07, 6.45) is 6.35. The van der Waals surface area contributed by atoms with Gasteiger partial charge in [-0.25, -0.2) is 13.8 Å². The Labute approximate surface area is 230 Å². The number of aliphatic hydroxyl groups excluding tert-OH is 1. The van der Waals surface area contributed by atoms with E-state index in [1.54, 1.807) is 15.9 Å². The first-order valence-electron chi connectivity index (χ1n) is 14.0. The molecule has 3 fully saturated rings. The molecule has 1 aromatic rings. The number of amides is 2. The molecule has 10 heteroatoms. The first-order chi connectivity index (χ1) is 18.0. The van der Waals surface area contributed by atoms with Crippen LogP contribution in [0.4, 0.5) is 8.78 Å². The van der Waals surface area contributed by atoms with Gasteiger partial charge in [0.25, 0.3) is 5.91 Å². The minimum Gasteiger partial charge on any atom is -0.393 e. The quantitative estimate of drug-likeness (QED) is 0.348. The predicted molar refractivity (Wildman–Crippen MR) is 148 cm³/mol. The molecule has 2 saturated carbocycles. The number of aliphatic hydroxyl groups is 1. The molecule has 2 aliphatic carbocycles. The molecule has 3 N–H and O–H groups in total. The minimum absolute atomic E-state index is 0.0417. The Balaban J connectivity index is 0.000000617. The Kier molecular flexibility index (Phi) is 9.40. The molecule has 0 atom stereocenters. The number of carbonyl (C=O) groups excluding carboxylic acids is 2. The van der Waals surface area contributed by atoms with E-state index in [0.717, 1.165) is 30.7 Å². The van der Waals surface area contributed by atoms with Crippen LogP contribution in [0.15, 0.2) is 12.3 Å². The maximum atomic E-state index is 13.5. The first-order valence-corrected chi connectivity index (χ1v) is 14.0. The number of halogens is 2. The van der Waals surface area contributed by atoms with Gasteiger partial charge in [0.1, 0.15) is 11.5 Å². The second-order valence-electron chi connectivity index (χ2n) is 13.1. The van der Waals surface area contributed by atoms with Crippen molar-refractivity contribution in [2.75, 3.05) is 19.6 Å². The Hall–Kier alpha value is -2.62. The van der Waals surface area contributed by atoms with Crippen molar-refractivity contribution < 1.29 is 23.5 Å². The van der Waals surface area contributed by atoms with Crippen LogP contribution >= 0.6 is 0 Å². The Morgan fingerprint density at radius 3 is 2.28 bits per heavy atom. The number of rotatable bonds is 5. The van der Waals surface area contributed by atoms with Gasteiger partial charge in [-0.15, -0.1) is 0 Å². The highest BCUT2D eigenvalue weighted by Crippen LogP contribution is 2.38. The van der Waals surface area contributed by atoms with Gasteiger partial charge in [0.15, 0.2) is 0 Å². The molecule has 2 amide bonds. The lowest BCUT2D eigenvalue weighted by Crippen LogP contribution is -2.60. The van der Waals surface area contributed by atoms with Gasteiger partial charge in [-0.2, -0.15) is 0 Å². The summed E-state index contributed by atoms with van der Waals surface area (Å²) >= 11 is 0. The summed E-state index contributed by atoms with van der Waals surface area (Å²) in [6.45, 7) is 13.3. The number of aromatic nitrogens is 2. The van der Waals surface area contributed by atoms with Crippen LogP contribution in [0.3, 0.4) is 0 Å². The van der Waals surface area contributed by atoms with Gasteiger partial charge in [0, 0.05) is 49.7 Å². The molecule has 2 heterocycles. The number of imidazole rings is 1. The van der Waals surface area contributed by atoms with Crippen molar-refractivity contribution >= 4 is 23.6 Å². The molecule has 218 valence electrons. The van der Waals surface area contributed by atoms with Crippen LogP contribution in [0.2, 0.25) is 0 Å². The maximum Gasteiger partial charge on any atom is 0.272 e. The number of aromatic amines is 1. The molecule has 39 heavy (non-hydrogen) atoms. The van der Waals surface area contributed by atoms with Crippen molar-refractivity contribution in [3.63, 3.8) is 0 Å². The number of carbonyl (C=O) groups is 2. The highest BCUT2D eigenvalue weighted by molar-refractivity contribution is 6.01. The zero-order valence-electron chi connectivity index (χ0n) is 24.2. The van der Waals surface area contributed by atoms with Gasteiger partial charge in [-0.3, -0.25) is 9.59 Å². The molecule has 0 unspecified atom stereocenters. The van der Waals surface area contributed by atoms with Crippen LogP contribution in [-0.4, -0.2) is 80.1 Å². The van der Waals surface area contributed by atoms with E-state index < -0.39 is 11.5 Å². The molecule has 0 bridgehead atoms. The fraction of sp³-hybridized carbons (Fsp3) is 0.724. The summed E-state index contributed by atoms with van der Waals surface area (Å²) in [4.78, 5) is 35.4. The average Bonchev–Trinajstić information content (AvgIpc) is 3.30. The molecule has 3 aliphatic rings. The molecule has 8 nitrogen and oxygen atoms in total. The third-order valence-corrected chi connectivity index (χ3v) is 8.00. The number of alkyl halides is 2. The van der Waals surface area contributed by atoms with Gasteiger partial charge in [0.2, 0.25) is 12.3 Å². The van der Waals surface area contributed by atoms with E-state index in [1.165, 1.54) is 6.20 Å². The number of hydrogen-bond acceptors (Lipinski definition) is 5. The maximum absolute atomic E-state index is 13.5. The van der Waals surface area contributed by atoms with E-state index >= 15 is 0 Å². The van der Waals surface area contributed by atoms with Crippen LogP contribution in [0.1, 0.15) is 96.4 Å². The summed E-state index contributed by atoms with van der Waals surface area (Å²) in [7, 11) is 0. The van der Waals surface area contributed by atoms with Crippen molar-refractivity contribution in [3.8, 4) is 0 Å². The predicted octanol–water partition coefficient (Wildman–Crippen LogP) is 5.15. The molecule has 0 aromatic carbocycles. The van der Waals surface area contributed by atoms with Crippen molar-refractivity contribution in [2.24, 2.45) is 17.3 Å². The fourth-order valence-electron chi connectivity index (χ4n) is 5.50. The van der Waals surface area contributed by atoms with E-state index in [2.05, 4.69) is 16.9 Å². The van der Waals surface area contributed by atoms with Crippen LogP contribution in [-0.2, 0) is 4.79 Å². The lowest BCUT2D eigenvalue weighted by atomic mass is 9.80. The van der Waals surface area contributed by atoms with Gasteiger partial charge in [0.05, 0.1) is 17.8 Å². The molecular weight excluding hydrogens is 504 g/mol. The molecule has 0 radical (unpaired) electrons. The van der Waals surface area contributed by atoms with Crippen molar-refractivity contribution in [2.45, 2.75) is 97.6 Å². The monoisotopic (exact) mass is 549 g/mol. The Bertz CT molecular complexity index is 1050. The summed E-state index contributed by atoms with van der Waals surface area (Å²) in [5.74, 6) is -1.73. The standard InChI is InChI=1S/C24H35F2N5O2.C5H10O/c1-22(2,3)17(12-18(27)16-6-8-24(25,26)9-7-16)20-28-13-19(29-20)21(33)31-11-10-30(15-32)14-23(31,4)5;1-4-2-5(6)3-4/h12-13,15-16,27H,6-11,14H2,1-5H3,(H,28,29);4-6H,2-3H2,1H3/b17-12+,27-18?;. The number of H-pyrrole nitrogens is 1. The van der Waals surface area contributed by atoms with Crippen LogP contribution < -0.4 is 0 Å². The zero-order chi connectivity index (χ0) is 29.2. The first kappa shape index (κ1) is 30.9. The van der Waals surface area contributed by atoms with Crippen LogP contribution in [0, 0.1) is 22.7 Å². The summed E-state index contributed by atoms with van der Waals surface area (Å²) < 4.78 is 27.1. The molecular formula is C29H45F2N5O3. The van der Waals surface area contributed by atoms with Gasteiger partial charge >= 0.3 is 0 Å². The van der Waals surface area contributed by atoms with Crippen molar-refractivity contribution in [1.29, 1.82) is 5.41 Å². The third kappa shape index (κ3) is 7.96. The lowest BCUT2D eigenvalue weighted by Gasteiger charge is -2.45. The second-order valence-corrected chi connectivity index (χ2v) is 13.1. The highest BCUT2D eigenvalue weighted by atomic mass is 19.3. The molecule has 1 saturated heterocycles. The van der Waals surface area contributed by atoms with E-state index in [1.807, 2.05) is 34.6 Å². The third-order valence-electron chi connectivity index (χ3n) is 8.00. The topological polar surface area (TPSA) is 113 Å². The normalized spacial score (nSPS) is 25.3. The van der Waals surface area contributed by atoms with Crippen LogP contribution in [0.5, 0.6) is 0 Å². The second kappa shape index (κ2) is 11.9. The molecule has 1 aliphatic heterocycles. The van der Waals surface area contributed by atoms with E-state index in [0.29, 0.717) is 49.7 Å². The molecule has 0 spiro atoms. The van der Waals surface area contributed by atoms with Gasteiger partial charge in [-0.1, -0.05) is 27.7 Å².